The molecule has 0 heterocycles. The molecule has 1 aromatic carbocycles. The Labute approximate surface area is 113 Å². The predicted molar refractivity (Wildman–Crippen MR) is 73.0 cm³/mol. The first kappa shape index (κ1) is 15.3. The number of nitrogens with zero attached hydrogens (tertiary/aromatic N) is 1. The lowest BCUT2D eigenvalue weighted by atomic mass is 9.96. The zero-order valence-electron chi connectivity index (χ0n) is 12.1. The first-order valence-corrected chi connectivity index (χ1v) is 6.01. The van der Waals surface area contributed by atoms with Gasteiger partial charge in [0.1, 0.15) is 11.5 Å². The van der Waals surface area contributed by atoms with Crippen LogP contribution in [0.15, 0.2) is 12.1 Å². The van der Waals surface area contributed by atoms with Crippen LogP contribution in [0.5, 0.6) is 11.5 Å². The number of ether oxygens (including phenoxy) is 2. The van der Waals surface area contributed by atoms with Gasteiger partial charge < -0.3 is 19.5 Å². The smallest absolute Gasteiger partial charge is 0.305 e. The first-order valence-electron chi connectivity index (χ1n) is 6.01. The SMILES string of the molecule is COc1cc(C)c(C(CC(=O)O)N(C)C)c(OC)c1. The van der Waals surface area contributed by atoms with E-state index >= 15 is 0 Å². The Bertz CT molecular complexity index is 457. The van der Waals surface area contributed by atoms with Crippen molar-refractivity contribution in [3.05, 3.63) is 23.3 Å². The van der Waals surface area contributed by atoms with Crippen molar-refractivity contribution < 1.29 is 19.4 Å². The standard InChI is InChI=1S/C14H21NO4/c1-9-6-10(18-4)7-12(19-5)14(9)11(15(2)3)8-13(16)17/h6-7,11H,8H2,1-5H3,(H,16,17). The quantitative estimate of drug-likeness (QED) is 0.855. The number of methoxy groups -OCH3 is 2. The third-order valence-electron chi connectivity index (χ3n) is 3.10. The number of rotatable bonds is 6. The fraction of sp³-hybridized carbons (Fsp3) is 0.500. The van der Waals surface area contributed by atoms with Crippen LogP contribution in [-0.4, -0.2) is 44.3 Å². The molecule has 1 N–H and O–H groups in total. The molecule has 0 fully saturated rings. The Kier molecular flexibility index (Phi) is 5.18. The summed E-state index contributed by atoms with van der Waals surface area (Å²) in [4.78, 5) is 12.9. The second-order valence-corrected chi connectivity index (χ2v) is 4.64. The lowest BCUT2D eigenvalue weighted by Gasteiger charge is -2.27. The molecule has 1 atom stereocenters. The van der Waals surface area contributed by atoms with Gasteiger partial charge in [0.05, 0.1) is 20.6 Å². The van der Waals surface area contributed by atoms with Crippen molar-refractivity contribution >= 4 is 5.97 Å². The van der Waals surface area contributed by atoms with Crippen molar-refractivity contribution in [1.29, 1.82) is 0 Å². The minimum Gasteiger partial charge on any atom is -0.497 e. The minimum absolute atomic E-state index is 0.0243. The molecule has 19 heavy (non-hydrogen) atoms. The van der Waals surface area contributed by atoms with Gasteiger partial charge in [0.2, 0.25) is 0 Å². The number of carboxylic acids is 1. The fourth-order valence-electron chi connectivity index (χ4n) is 2.16. The van der Waals surface area contributed by atoms with E-state index in [0.29, 0.717) is 11.5 Å². The van der Waals surface area contributed by atoms with E-state index in [1.807, 2.05) is 32.0 Å². The van der Waals surface area contributed by atoms with Crippen molar-refractivity contribution in [3.8, 4) is 11.5 Å². The predicted octanol–water partition coefficient (Wildman–Crippen LogP) is 2.09. The summed E-state index contributed by atoms with van der Waals surface area (Å²) in [5.41, 5.74) is 1.84. The van der Waals surface area contributed by atoms with Gasteiger partial charge in [-0.3, -0.25) is 4.79 Å². The second kappa shape index (κ2) is 6.43. The first-order chi connectivity index (χ1) is 8.90. The summed E-state index contributed by atoms with van der Waals surface area (Å²) < 4.78 is 10.6. The number of hydrogen-bond donors (Lipinski definition) is 1. The Hall–Kier alpha value is -1.75. The molecule has 1 unspecified atom stereocenters. The van der Waals surface area contributed by atoms with Crippen LogP contribution < -0.4 is 9.47 Å². The summed E-state index contributed by atoms with van der Waals surface area (Å²) in [7, 11) is 6.88. The summed E-state index contributed by atoms with van der Waals surface area (Å²) in [5, 5.41) is 9.06. The third-order valence-corrected chi connectivity index (χ3v) is 3.10. The van der Waals surface area contributed by atoms with Gasteiger partial charge in [-0.1, -0.05) is 0 Å². The highest BCUT2D eigenvalue weighted by Crippen LogP contribution is 2.36. The van der Waals surface area contributed by atoms with Gasteiger partial charge in [-0.15, -0.1) is 0 Å². The number of carbonyl (C=O) groups is 1. The maximum Gasteiger partial charge on any atom is 0.305 e. The Morgan fingerprint density at radius 2 is 1.95 bits per heavy atom. The van der Waals surface area contributed by atoms with Crippen LogP contribution in [0.25, 0.3) is 0 Å². The summed E-state index contributed by atoms with van der Waals surface area (Å²) in [6.45, 7) is 1.93. The molecule has 0 aliphatic rings. The van der Waals surface area contributed by atoms with Crippen LogP contribution in [0.3, 0.4) is 0 Å². The van der Waals surface area contributed by atoms with E-state index in [2.05, 4.69) is 0 Å². The third kappa shape index (κ3) is 3.61. The van der Waals surface area contributed by atoms with Gasteiger partial charge in [-0.05, 0) is 32.6 Å². The molecule has 5 nitrogen and oxygen atoms in total. The van der Waals surface area contributed by atoms with Crippen molar-refractivity contribution in [2.24, 2.45) is 0 Å². The van der Waals surface area contributed by atoms with Crippen LogP contribution >= 0.6 is 0 Å². The van der Waals surface area contributed by atoms with E-state index in [9.17, 15) is 4.79 Å². The van der Waals surface area contributed by atoms with Crippen molar-refractivity contribution in [1.82, 2.24) is 4.90 Å². The van der Waals surface area contributed by atoms with Crippen LogP contribution in [0.4, 0.5) is 0 Å². The zero-order valence-corrected chi connectivity index (χ0v) is 12.1. The zero-order chi connectivity index (χ0) is 14.6. The maximum absolute atomic E-state index is 11.0. The van der Waals surface area contributed by atoms with E-state index in [1.165, 1.54) is 0 Å². The monoisotopic (exact) mass is 267 g/mol. The molecule has 0 spiro atoms. The molecular weight excluding hydrogens is 246 g/mol. The highest BCUT2D eigenvalue weighted by molar-refractivity contribution is 5.68. The van der Waals surface area contributed by atoms with E-state index in [-0.39, 0.29) is 12.5 Å². The average Bonchev–Trinajstić information content (AvgIpc) is 2.34. The van der Waals surface area contributed by atoms with Gasteiger partial charge >= 0.3 is 5.97 Å². The minimum atomic E-state index is -0.837. The summed E-state index contributed by atoms with van der Waals surface area (Å²) in [6.07, 6.45) is 0.0243. The molecule has 106 valence electrons. The van der Waals surface area contributed by atoms with E-state index < -0.39 is 5.97 Å². The molecule has 0 saturated heterocycles. The number of benzene rings is 1. The highest BCUT2D eigenvalue weighted by atomic mass is 16.5. The van der Waals surface area contributed by atoms with Gasteiger partial charge in [0.25, 0.3) is 0 Å². The van der Waals surface area contributed by atoms with Crippen LogP contribution in [-0.2, 0) is 4.79 Å². The van der Waals surface area contributed by atoms with Gasteiger partial charge in [0, 0.05) is 17.7 Å². The molecule has 0 bridgehead atoms. The van der Waals surface area contributed by atoms with Crippen molar-refractivity contribution in [2.45, 2.75) is 19.4 Å². The lowest BCUT2D eigenvalue weighted by Crippen LogP contribution is -2.24. The molecule has 1 rings (SSSR count). The molecule has 0 aromatic heterocycles. The molecular formula is C14H21NO4. The van der Waals surface area contributed by atoms with E-state index in [4.69, 9.17) is 14.6 Å². The summed E-state index contributed by atoms with van der Waals surface area (Å²) in [6, 6.07) is 3.43. The van der Waals surface area contributed by atoms with Crippen LogP contribution in [0, 0.1) is 6.92 Å². The summed E-state index contributed by atoms with van der Waals surface area (Å²) in [5.74, 6) is 0.513. The van der Waals surface area contributed by atoms with Gasteiger partial charge in [-0.2, -0.15) is 0 Å². The Balaban J connectivity index is 3.32. The Morgan fingerprint density at radius 3 is 2.37 bits per heavy atom. The maximum atomic E-state index is 11.0. The fourth-order valence-corrected chi connectivity index (χ4v) is 2.16. The molecule has 0 radical (unpaired) electrons. The van der Waals surface area contributed by atoms with Gasteiger partial charge in [0.15, 0.2) is 0 Å². The molecule has 1 aromatic rings. The number of aryl methyl sites for hydroxylation is 1. The topological polar surface area (TPSA) is 59.0 Å². The molecule has 0 aliphatic carbocycles. The summed E-state index contributed by atoms with van der Waals surface area (Å²) >= 11 is 0. The molecule has 0 aliphatic heterocycles. The van der Waals surface area contributed by atoms with E-state index in [0.717, 1.165) is 11.1 Å². The van der Waals surface area contributed by atoms with Crippen molar-refractivity contribution in [3.63, 3.8) is 0 Å². The molecule has 0 amide bonds. The molecule has 0 saturated carbocycles. The largest absolute Gasteiger partial charge is 0.497 e. The highest BCUT2D eigenvalue weighted by Gasteiger charge is 2.24. The number of carboxylic acid groups (broad SMARTS) is 1. The van der Waals surface area contributed by atoms with E-state index in [1.54, 1.807) is 20.3 Å². The normalized spacial score (nSPS) is 12.3. The number of hydrogen-bond acceptors (Lipinski definition) is 4. The van der Waals surface area contributed by atoms with Crippen LogP contribution in [0.1, 0.15) is 23.6 Å². The average molecular weight is 267 g/mol. The second-order valence-electron chi connectivity index (χ2n) is 4.64. The number of aliphatic carboxylic acids is 1. The lowest BCUT2D eigenvalue weighted by molar-refractivity contribution is -0.138. The van der Waals surface area contributed by atoms with Gasteiger partial charge in [-0.25, -0.2) is 0 Å². The van der Waals surface area contributed by atoms with Crippen molar-refractivity contribution in [2.75, 3.05) is 28.3 Å². The molecule has 5 heteroatoms. The Morgan fingerprint density at radius 1 is 1.32 bits per heavy atom. The van der Waals surface area contributed by atoms with Crippen LogP contribution in [0.2, 0.25) is 0 Å².